The fourth-order valence-electron chi connectivity index (χ4n) is 4.40. The van der Waals surface area contributed by atoms with Gasteiger partial charge in [-0.1, -0.05) is 54.0 Å². The van der Waals surface area contributed by atoms with Gasteiger partial charge in [-0.2, -0.15) is 0 Å². The van der Waals surface area contributed by atoms with Crippen LogP contribution in [0.4, 0.5) is 5.69 Å². The Morgan fingerprint density at radius 2 is 1.61 bits per heavy atom. The second-order valence-electron chi connectivity index (χ2n) is 8.99. The summed E-state index contributed by atoms with van der Waals surface area (Å²) in [5.41, 5.74) is 3.64. The zero-order valence-electron chi connectivity index (χ0n) is 20.8. The zero-order valence-corrected chi connectivity index (χ0v) is 22.4. The number of halogens is 1. The number of carbonyl (C=O) groups excluding carboxylic acids is 2. The number of ketones is 1. The molecule has 4 rings (SSSR count). The molecule has 7 heteroatoms. The van der Waals surface area contributed by atoms with Gasteiger partial charge in [-0.3, -0.25) is 14.5 Å². The van der Waals surface area contributed by atoms with Crippen LogP contribution >= 0.6 is 15.9 Å². The summed E-state index contributed by atoms with van der Waals surface area (Å²) in [5, 5.41) is 11.4. The van der Waals surface area contributed by atoms with Crippen LogP contribution in [0.25, 0.3) is 5.76 Å². The molecule has 1 amide bonds. The number of methoxy groups -OCH3 is 2. The SMILES string of the molecule is COc1ccc(C2/C(=C(/O)c3ccc(Br)c(C)c3)C(=O)C(=O)N2c2ccc(C(C)C)cc2)cc1OC. The summed E-state index contributed by atoms with van der Waals surface area (Å²) >= 11 is 3.46. The number of benzene rings is 3. The number of hydrogen-bond acceptors (Lipinski definition) is 5. The van der Waals surface area contributed by atoms with Gasteiger partial charge in [0.1, 0.15) is 5.76 Å². The fraction of sp³-hybridized carbons (Fsp3) is 0.241. The molecular formula is C29H28BrNO5. The quantitative estimate of drug-likeness (QED) is 0.215. The van der Waals surface area contributed by atoms with E-state index < -0.39 is 17.7 Å². The second-order valence-corrected chi connectivity index (χ2v) is 9.85. The number of rotatable bonds is 6. The van der Waals surface area contributed by atoms with Gasteiger partial charge in [-0.05, 0) is 65.9 Å². The van der Waals surface area contributed by atoms with Crippen molar-refractivity contribution in [2.75, 3.05) is 19.1 Å². The Balaban J connectivity index is 1.95. The molecule has 1 aliphatic heterocycles. The first-order valence-corrected chi connectivity index (χ1v) is 12.4. The molecule has 1 heterocycles. The molecule has 1 fully saturated rings. The molecule has 0 aliphatic carbocycles. The van der Waals surface area contributed by atoms with Gasteiger partial charge in [-0.15, -0.1) is 0 Å². The standard InChI is InChI=1S/C29H28BrNO5/c1-16(2)18-6-10-21(11-7-18)31-26(19-9-13-23(35-4)24(15-19)36-5)25(28(33)29(31)34)27(32)20-8-12-22(30)17(3)14-20/h6-16,26,32H,1-5H3/b27-25-. The first kappa shape index (κ1) is 25.5. The minimum atomic E-state index is -0.862. The molecular weight excluding hydrogens is 522 g/mol. The van der Waals surface area contributed by atoms with Crippen LogP contribution in [-0.4, -0.2) is 31.0 Å². The highest BCUT2D eigenvalue weighted by molar-refractivity contribution is 9.10. The van der Waals surface area contributed by atoms with Crippen LogP contribution in [0, 0.1) is 6.92 Å². The Hall–Kier alpha value is -3.58. The van der Waals surface area contributed by atoms with Crippen LogP contribution < -0.4 is 14.4 Å². The predicted molar refractivity (Wildman–Crippen MR) is 144 cm³/mol. The van der Waals surface area contributed by atoms with Crippen LogP contribution in [-0.2, 0) is 9.59 Å². The average molecular weight is 550 g/mol. The lowest BCUT2D eigenvalue weighted by Gasteiger charge is -2.26. The molecule has 186 valence electrons. The lowest BCUT2D eigenvalue weighted by Crippen LogP contribution is -2.29. The van der Waals surface area contributed by atoms with Crippen molar-refractivity contribution in [3.63, 3.8) is 0 Å². The molecule has 0 aromatic heterocycles. The van der Waals surface area contributed by atoms with Gasteiger partial charge < -0.3 is 14.6 Å². The molecule has 1 N–H and O–H groups in total. The van der Waals surface area contributed by atoms with Gasteiger partial charge >= 0.3 is 0 Å². The van der Waals surface area contributed by atoms with Crippen molar-refractivity contribution in [3.05, 3.63) is 93.0 Å². The van der Waals surface area contributed by atoms with Gasteiger partial charge in [-0.25, -0.2) is 0 Å². The molecule has 1 saturated heterocycles. The highest BCUT2D eigenvalue weighted by Gasteiger charge is 2.47. The van der Waals surface area contributed by atoms with Crippen LogP contribution in [0.3, 0.4) is 0 Å². The number of anilines is 1. The van der Waals surface area contributed by atoms with Crippen molar-refractivity contribution in [1.82, 2.24) is 0 Å². The fourth-order valence-corrected chi connectivity index (χ4v) is 4.65. The normalized spacial score (nSPS) is 17.1. The lowest BCUT2D eigenvalue weighted by molar-refractivity contribution is -0.132. The minimum absolute atomic E-state index is 0.0156. The van der Waals surface area contributed by atoms with Crippen molar-refractivity contribution in [1.29, 1.82) is 0 Å². The Morgan fingerprint density at radius 3 is 2.19 bits per heavy atom. The van der Waals surface area contributed by atoms with Crippen molar-refractivity contribution >= 4 is 39.1 Å². The maximum absolute atomic E-state index is 13.4. The van der Waals surface area contributed by atoms with Gasteiger partial charge in [0.15, 0.2) is 11.5 Å². The van der Waals surface area contributed by atoms with E-state index in [-0.39, 0.29) is 11.3 Å². The van der Waals surface area contributed by atoms with E-state index >= 15 is 0 Å². The number of carbonyl (C=O) groups is 2. The number of amides is 1. The summed E-state index contributed by atoms with van der Waals surface area (Å²) in [4.78, 5) is 28.3. The topological polar surface area (TPSA) is 76.1 Å². The molecule has 1 aliphatic rings. The highest BCUT2D eigenvalue weighted by Crippen LogP contribution is 2.44. The first-order valence-electron chi connectivity index (χ1n) is 11.6. The molecule has 1 unspecified atom stereocenters. The van der Waals surface area contributed by atoms with Gasteiger partial charge in [0.25, 0.3) is 11.7 Å². The van der Waals surface area contributed by atoms with Crippen molar-refractivity contribution in [2.45, 2.75) is 32.7 Å². The molecule has 0 radical (unpaired) electrons. The maximum Gasteiger partial charge on any atom is 0.300 e. The molecule has 0 saturated carbocycles. The summed E-state index contributed by atoms with van der Waals surface area (Å²) in [7, 11) is 3.06. The van der Waals surface area contributed by atoms with Crippen molar-refractivity contribution in [3.8, 4) is 11.5 Å². The third-order valence-corrected chi connectivity index (χ3v) is 7.33. The molecule has 0 bridgehead atoms. The largest absolute Gasteiger partial charge is 0.507 e. The second kappa shape index (κ2) is 10.2. The summed E-state index contributed by atoms with van der Waals surface area (Å²) in [5.74, 6) is -0.400. The number of nitrogens with zero attached hydrogens (tertiary/aromatic N) is 1. The number of aliphatic hydroxyl groups excluding tert-OH is 1. The predicted octanol–water partition coefficient (Wildman–Crippen LogP) is 6.52. The van der Waals surface area contributed by atoms with E-state index in [0.717, 1.165) is 15.6 Å². The third-order valence-electron chi connectivity index (χ3n) is 6.44. The number of hydrogen-bond donors (Lipinski definition) is 1. The minimum Gasteiger partial charge on any atom is -0.507 e. The molecule has 3 aromatic rings. The first-order chi connectivity index (χ1) is 17.2. The van der Waals surface area contributed by atoms with E-state index in [0.29, 0.717) is 34.2 Å². The Bertz CT molecular complexity index is 1360. The van der Waals surface area contributed by atoms with Crippen molar-refractivity contribution < 1.29 is 24.2 Å². The Morgan fingerprint density at radius 1 is 0.944 bits per heavy atom. The van der Waals surface area contributed by atoms with E-state index in [1.807, 2.05) is 31.2 Å². The van der Waals surface area contributed by atoms with Gasteiger partial charge in [0, 0.05) is 15.7 Å². The Labute approximate surface area is 219 Å². The van der Waals surface area contributed by atoms with Crippen LogP contribution in [0.15, 0.2) is 70.7 Å². The van der Waals surface area contributed by atoms with Crippen molar-refractivity contribution in [2.24, 2.45) is 0 Å². The molecule has 3 aromatic carbocycles. The van der Waals surface area contributed by atoms with Crippen LogP contribution in [0.1, 0.15) is 48.1 Å². The zero-order chi connectivity index (χ0) is 26.1. The summed E-state index contributed by atoms with van der Waals surface area (Å²) < 4.78 is 11.7. The third kappa shape index (κ3) is 4.51. The molecule has 36 heavy (non-hydrogen) atoms. The number of Topliss-reactive ketones (excluding diaryl/α,β-unsaturated/α-hetero) is 1. The van der Waals surface area contributed by atoms with E-state index in [4.69, 9.17) is 9.47 Å². The monoisotopic (exact) mass is 549 g/mol. The lowest BCUT2D eigenvalue weighted by atomic mass is 9.94. The smallest absolute Gasteiger partial charge is 0.300 e. The number of ether oxygens (including phenoxy) is 2. The number of aliphatic hydroxyl groups is 1. The summed E-state index contributed by atoms with van der Waals surface area (Å²) in [6.45, 7) is 6.07. The summed E-state index contributed by atoms with van der Waals surface area (Å²) in [6.07, 6.45) is 0. The molecule has 0 spiro atoms. The van der Waals surface area contributed by atoms with Gasteiger partial charge in [0.2, 0.25) is 0 Å². The summed E-state index contributed by atoms with van der Waals surface area (Å²) in [6, 6.07) is 17.2. The Kier molecular flexibility index (Phi) is 7.22. The highest BCUT2D eigenvalue weighted by atomic mass is 79.9. The van der Waals surface area contributed by atoms with E-state index in [2.05, 4.69) is 29.8 Å². The maximum atomic E-state index is 13.4. The van der Waals surface area contributed by atoms with Crippen LogP contribution in [0.5, 0.6) is 11.5 Å². The average Bonchev–Trinajstić information content (AvgIpc) is 3.15. The molecule has 1 atom stereocenters. The van der Waals surface area contributed by atoms with Gasteiger partial charge in [0.05, 0.1) is 25.8 Å². The number of aryl methyl sites for hydroxylation is 1. The van der Waals surface area contributed by atoms with Crippen LogP contribution in [0.2, 0.25) is 0 Å². The molecule has 6 nitrogen and oxygen atoms in total. The van der Waals surface area contributed by atoms with E-state index in [1.54, 1.807) is 36.4 Å². The van der Waals surface area contributed by atoms with E-state index in [1.165, 1.54) is 19.1 Å². The van der Waals surface area contributed by atoms with E-state index in [9.17, 15) is 14.7 Å².